The van der Waals surface area contributed by atoms with Gasteiger partial charge in [-0.2, -0.15) is 5.10 Å². The molecule has 0 unspecified atom stereocenters. The van der Waals surface area contributed by atoms with Crippen molar-refractivity contribution in [3.05, 3.63) is 17.5 Å². The van der Waals surface area contributed by atoms with Gasteiger partial charge in [0.15, 0.2) is 0 Å². The van der Waals surface area contributed by atoms with Crippen LogP contribution in [-0.2, 0) is 16.1 Å². The summed E-state index contributed by atoms with van der Waals surface area (Å²) < 4.78 is 8.12. The maximum atomic E-state index is 10.5. The van der Waals surface area contributed by atoms with Gasteiger partial charge in [-0.05, 0) is 25.8 Å². The maximum Gasteiger partial charge on any atom is 0.121 e. The normalized spacial score (nSPS) is 20.5. The highest BCUT2D eigenvalue weighted by molar-refractivity contribution is 5.49. The molecule has 2 heterocycles. The molecule has 2 aliphatic rings. The Morgan fingerprint density at radius 3 is 2.50 bits per heavy atom. The first-order chi connectivity index (χ1) is 12.8. The van der Waals surface area contributed by atoms with Crippen molar-refractivity contribution in [1.29, 1.82) is 0 Å². The standard InChI is InChI=1S/C20H34N4O2/c1-18-16-19(21-24(18)20-6-3-2-4-7-20)17-26-15-13-23-11-9-22(10-12-23)8-5-14-25/h14,16,20H,2-13,15,17H2,1H3. The molecule has 6 nitrogen and oxygen atoms in total. The topological polar surface area (TPSA) is 50.6 Å². The Balaban J connectivity index is 1.33. The van der Waals surface area contributed by atoms with Crippen LogP contribution in [0.2, 0.25) is 0 Å². The Morgan fingerprint density at radius 2 is 1.81 bits per heavy atom. The number of nitrogens with zero attached hydrogens (tertiary/aromatic N) is 4. The summed E-state index contributed by atoms with van der Waals surface area (Å²) in [5.74, 6) is 0. The SMILES string of the molecule is Cc1cc(COCCN2CCN(CCC=O)CC2)nn1C1CCCCC1. The summed E-state index contributed by atoms with van der Waals surface area (Å²) in [6, 6.07) is 2.77. The van der Waals surface area contributed by atoms with Crippen LogP contribution in [0.3, 0.4) is 0 Å². The van der Waals surface area contributed by atoms with Gasteiger partial charge in [0.2, 0.25) is 0 Å². The van der Waals surface area contributed by atoms with E-state index in [0.29, 0.717) is 19.1 Å². The number of piperazine rings is 1. The number of carbonyl (C=O) groups is 1. The average Bonchev–Trinajstić information content (AvgIpc) is 3.06. The fourth-order valence-electron chi connectivity index (χ4n) is 4.16. The second-order valence-electron chi connectivity index (χ2n) is 7.70. The van der Waals surface area contributed by atoms with Crippen LogP contribution in [0.25, 0.3) is 0 Å². The first kappa shape index (κ1) is 19.5. The molecule has 1 aliphatic heterocycles. The molecule has 1 saturated carbocycles. The number of rotatable bonds is 9. The van der Waals surface area contributed by atoms with Gasteiger partial charge < -0.3 is 14.4 Å². The Bertz CT molecular complexity index is 546. The predicted octanol–water partition coefficient (Wildman–Crippen LogP) is 2.42. The Hall–Kier alpha value is -1.24. The molecule has 3 rings (SSSR count). The summed E-state index contributed by atoms with van der Waals surface area (Å²) in [5, 5.41) is 4.80. The third-order valence-corrected chi connectivity index (χ3v) is 5.72. The van der Waals surface area contributed by atoms with Crippen LogP contribution in [0.5, 0.6) is 0 Å². The van der Waals surface area contributed by atoms with Crippen molar-refractivity contribution in [2.75, 3.05) is 45.9 Å². The summed E-state index contributed by atoms with van der Waals surface area (Å²) in [6.07, 6.45) is 8.23. The highest BCUT2D eigenvalue weighted by Gasteiger charge is 2.19. The van der Waals surface area contributed by atoms with E-state index in [-0.39, 0.29) is 0 Å². The molecule has 0 atom stereocenters. The summed E-state index contributed by atoms with van der Waals surface area (Å²) in [5.41, 5.74) is 2.33. The number of carbonyl (C=O) groups excluding carboxylic acids is 1. The van der Waals surface area contributed by atoms with Gasteiger partial charge in [0.25, 0.3) is 0 Å². The molecule has 0 spiro atoms. The minimum Gasteiger partial charge on any atom is -0.374 e. The van der Waals surface area contributed by atoms with Crippen molar-refractivity contribution in [3.8, 4) is 0 Å². The number of aromatic nitrogens is 2. The Labute approximate surface area is 157 Å². The molecule has 26 heavy (non-hydrogen) atoms. The van der Waals surface area contributed by atoms with E-state index in [9.17, 15) is 4.79 Å². The van der Waals surface area contributed by atoms with Crippen LogP contribution in [0.15, 0.2) is 6.07 Å². The van der Waals surface area contributed by atoms with Crippen molar-refractivity contribution in [2.24, 2.45) is 0 Å². The van der Waals surface area contributed by atoms with E-state index >= 15 is 0 Å². The van der Waals surface area contributed by atoms with Crippen molar-refractivity contribution >= 4 is 6.29 Å². The molecular formula is C20H34N4O2. The van der Waals surface area contributed by atoms with Gasteiger partial charge in [0.1, 0.15) is 6.29 Å². The largest absolute Gasteiger partial charge is 0.374 e. The van der Waals surface area contributed by atoms with Gasteiger partial charge in [0.05, 0.1) is 24.9 Å². The van der Waals surface area contributed by atoms with Crippen molar-refractivity contribution in [2.45, 2.75) is 58.1 Å². The third-order valence-electron chi connectivity index (χ3n) is 5.72. The predicted molar refractivity (Wildman–Crippen MR) is 102 cm³/mol. The van der Waals surface area contributed by atoms with E-state index in [1.807, 2.05) is 0 Å². The Morgan fingerprint density at radius 1 is 1.12 bits per heavy atom. The molecule has 1 saturated heterocycles. The number of hydrogen-bond acceptors (Lipinski definition) is 5. The smallest absolute Gasteiger partial charge is 0.121 e. The zero-order valence-electron chi connectivity index (χ0n) is 16.2. The van der Waals surface area contributed by atoms with Gasteiger partial charge in [-0.25, -0.2) is 0 Å². The fourth-order valence-corrected chi connectivity index (χ4v) is 4.16. The highest BCUT2D eigenvalue weighted by Crippen LogP contribution is 2.28. The molecule has 0 radical (unpaired) electrons. The number of aryl methyl sites for hydroxylation is 1. The summed E-state index contributed by atoms with van der Waals surface area (Å²) in [6.45, 7) is 9.65. The van der Waals surface area contributed by atoms with Gasteiger partial charge in [-0.3, -0.25) is 9.58 Å². The third kappa shape index (κ3) is 5.63. The van der Waals surface area contributed by atoms with Gasteiger partial charge in [0, 0.05) is 51.4 Å². The molecule has 0 N–H and O–H groups in total. The second kappa shape index (κ2) is 10.2. The van der Waals surface area contributed by atoms with E-state index in [0.717, 1.165) is 57.9 Å². The lowest BCUT2D eigenvalue weighted by Gasteiger charge is -2.34. The van der Waals surface area contributed by atoms with Crippen LogP contribution in [0.1, 0.15) is 56.0 Å². The van der Waals surface area contributed by atoms with Crippen LogP contribution >= 0.6 is 0 Å². The molecule has 0 aromatic carbocycles. The second-order valence-corrected chi connectivity index (χ2v) is 7.70. The van der Waals surface area contributed by atoms with E-state index < -0.39 is 0 Å². The van der Waals surface area contributed by atoms with Gasteiger partial charge >= 0.3 is 0 Å². The molecule has 0 bridgehead atoms. The van der Waals surface area contributed by atoms with E-state index in [1.165, 1.54) is 37.8 Å². The van der Waals surface area contributed by atoms with Crippen LogP contribution in [-0.4, -0.2) is 71.7 Å². The number of aldehydes is 1. The van der Waals surface area contributed by atoms with Crippen LogP contribution in [0.4, 0.5) is 0 Å². The molecule has 6 heteroatoms. The van der Waals surface area contributed by atoms with Crippen molar-refractivity contribution in [3.63, 3.8) is 0 Å². The highest BCUT2D eigenvalue weighted by atomic mass is 16.5. The van der Waals surface area contributed by atoms with E-state index in [2.05, 4.69) is 27.5 Å². The van der Waals surface area contributed by atoms with Crippen molar-refractivity contribution in [1.82, 2.24) is 19.6 Å². The molecule has 2 fully saturated rings. The quantitative estimate of drug-likeness (QED) is 0.499. The molecule has 1 aliphatic carbocycles. The molecule has 0 amide bonds. The minimum atomic E-state index is 0.591. The molecule has 146 valence electrons. The maximum absolute atomic E-state index is 10.5. The fraction of sp³-hybridized carbons (Fsp3) is 0.800. The summed E-state index contributed by atoms with van der Waals surface area (Å²) in [7, 11) is 0. The Kier molecular flexibility index (Phi) is 7.65. The minimum absolute atomic E-state index is 0.591. The van der Waals surface area contributed by atoms with Crippen LogP contribution in [0, 0.1) is 6.92 Å². The lowest BCUT2D eigenvalue weighted by Crippen LogP contribution is -2.47. The average molecular weight is 363 g/mol. The lowest BCUT2D eigenvalue weighted by molar-refractivity contribution is -0.108. The van der Waals surface area contributed by atoms with Crippen molar-refractivity contribution < 1.29 is 9.53 Å². The first-order valence-corrected chi connectivity index (χ1v) is 10.3. The molecule has 1 aromatic rings. The molecule has 1 aromatic heterocycles. The summed E-state index contributed by atoms with van der Waals surface area (Å²) >= 11 is 0. The zero-order valence-corrected chi connectivity index (χ0v) is 16.2. The monoisotopic (exact) mass is 362 g/mol. The first-order valence-electron chi connectivity index (χ1n) is 10.3. The zero-order chi connectivity index (χ0) is 18.2. The van der Waals surface area contributed by atoms with Gasteiger partial charge in [-0.15, -0.1) is 0 Å². The van der Waals surface area contributed by atoms with Gasteiger partial charge in [-0.1, -0.05) is 19.3 Å². The summed E-state index contributed by atoms with van der Waals surface area (Å²) in [4.78, 5) is 15.3. The molecular weight excluding hydrogens is 328 g/mol. The van der Waals surface area contributed by atoms with E-state index in [4.69, 9.17) is 9.84 Å². The number of hydrogen-bond donors (Lipinski definition) is 0. The number of ether oxygens (including phenoxy) is 1. The van der Waals surface area contributed by atoms with Crippen LogP contribution < -0.4 is 0 Å². The lowest BCUT2D eigenvalue weighted by atomic mass is 9.95. The van der Waals surface area contributed by atoms with E-state index in [1.54, 1.807) is 0 Å².